The number of thiazole rings is 1. The summed E-state index contributed by atoms with van der Waals surface area (Å²) in [4.78, 5) is 5.18. The van der Waals surface area contributed by atoms with Crippen LogP contribution in [0.15, 0.2) is 29.3 Å². The van der Waals surface area contributed by atoms with Gasteiger partial charge >= 0.3 is 0 Å². The lowest BCUT2D eigenvalue weighted by atomic mass is 10.2. The summed E-state index contributed by atoms with van der Waals surface area (Å²) >= 11 is 6.83. The maximum absolute atomic E-state index is 10.5. The minimum Gasteiger partial charge on any atom is -0.493 e. The topological polar surface area (TPSA) is 46.8 Å². The number of benzene rings is 1. The Balaban J connectivity index is 1.89. The van der Waals surface area contributed by atoms with Crippen LogP contribution in [0.4, 0.5) is 5.69 Å². The number of aromatic nitrogens is 1. The number of ether oxygens (including phenoxy) is 1. The van der Waals surface area contributed by atoms with Gasteiger partial charge in [-0.3, -0.25) is 9.56 Å². The molecule has 1 aliphatic rings. The third kappa shape index (κ3) is 3.48. The highest BCUT2D eigenvalue weighted by Crippen LogP contribution is 2.37. The van der Waals surface area contributed by atoms with Gasteiger partial charge in [0.25, 0.3) is 0 Å². The summed E-state index contributed by atoms with van der Waals surface area (Å²) < 4.78 is 8.18. The molecule has 0 aliphatic heterocycles. The van der Waals surface area contributed by atoms with Crippen LogP contribution in [-0.2, 0) is 0 Å². The molecule has 1 fully saturated rings. The molecule has 23 heavy (non-hydrogen) atoms. The van der Waals surface area contributed by atoms with E-state index in [0.29, 0.717) is 21.5 Å². The van der Waals surface area contributed by atoms with Crippen LogP contribution in [0.1, 0.15) is 43.5 Å². The van der Waals surface area contributed by atoms with E-state index in [1.54, 1.807) is 6.21 Å². The zero-order chi connectivity index (χ0) is 16.2. The fourth-order valence-corrected chi connectivity index (χ4v) is 4.25. The molecule has 1 N–H and O–H groups in total. The van der Waals surface area contributed by atoms with Crippen molar-refractivity contribution in [1.82, 2.24) is 4.57 Å². The molecule has 0 amide bonds. The minimum atomic E-state index is 0.240. The molecule has 0 saturated heterocycles. The molecule has 1 saturated carbocycles. The smallest absolute Gasteiger partial charge is 0.212 e. The first-order valence-corrected chi connectivity index (χ1v) is 9.13. The predicted molar refractivity (Wildman–Crippen MR) is 97.2 cm³/mol. The van der Waals surface area contributed by atoms with E-state index in [1.165, 1.54) is 24.2 Å². The van der Waals surface area contributed by atoms with Crippen molar-refractivity contribution in [3.63, 3.8) is 0 Å². The van der Waals surface area contributed by atoms with E-state index in [2.05, 4.69) is 4.99 Å². The standard InChI is InChI=1S/C17H20N2O2S2/c1-2-21-14-10-6-5-9-13(14)18-11-15-16(20)19(17(22)23-15)12-7-3-4-8-12/h5-6,9-12,20H,2-4,7-8H2,1H3. The maximum Gasteiger partial charge on any atom is 0.212 e. The van der Waals surface area contributed by atoms with E-state index in [9.17, 15) is 5.11 Å². The van der Waals surface area contributed by atoms with Crippen LogP contribution in [0.25, 0.3) is 0 Å². The number of para-hydroxylation sites is 2. The van der Waals surface area contributed by atoms with Gasteiger partial charge in [-0.1, -0.05) is 36.3 Å². The fourth-order valence-electron chi connectivity index (χ4n) is 2.93. The summed E-state index contributed by atoms with van der Waals surface area (Å²) in [7, 11) is 0. The second-order valence-electron chi connectivity index (χ2n) is 5.52. The summed E-state index contributed by atoms with van der Waals surface area (Å²) in [5.74, 6) is 0.981. The van der Waals surface area contributed by atoms with Gasteiger partial charge in [-0.25, -0.2) is 0 Å². The zero-order valence-corrected chi connectivity index (χ0v) is 14.7. The Morgan fingerprint density at radius 1 is 1.39 bits per heavy atom. The number of hydrogen-bond acceptors (Lipinski definition) is 5. The first-order valence-electron chi connectivity index (χ1n) is 7.91. The largest absolute Gasteiger partial charge is 0.493 e. The Morgan fingerprint density at radius 3 is 2.87 bits per heavy atom. The summed E-state index contributed by atoms with van der Waals surface area (Å²) in [6.07, 6.45) is 6.25. The molecule has 1 aromatic heterocycles. The van der Waals surface area contributed by atoms with Gasteiger partial charge in [0, 0.05) is 6.04 Å². The van der Waals surface area contributed by atoms with Crippen molar-refractivity contribution in [3.8, 4) is 11.6 Å². The maximum atomic E-state index is 10.5. The van der Waals surface area contributed by atoms with Crippen molar-refractivity contribution in [1.29, 1.82) is 0 Å². The average molecular weight is 348 g/mol. The summed E-state index contributed by atoms with van der Waals surface area (Å²) in [6, 6.07) is 7.95. The molecule has 122 valence electrons. The predicted octanol–water partition coefficient (Wildman–Crippen LogP) is 5.25. The highest BCUT2D eigenvalue weighted by Gasteiger charge is 2.22. The number of rotatable bonds is 5. The van der Waals surface area contributed by atoms with Crippen LogP contribution < -0.4 is 4.74 Å². The summed E-state index contributed by atoms with van der Waals surface area (Å²) in [5.41, 5.74) is 0.750. The number of aliphatic imine (C=N–C) groups is 1. The molecule has 4 nitrogen and oxygen atoms in total. The van der Waals surface area contributed by atoms with Gasteiger partial charge < -0.3 is 9.84 Å². The van der Waals surface area contributed by atoms with Crippen molar-refractivity contribution >= 4 is 35.5 Å². The highest BCUT2D eigenvalue weighted by atomic mass is 32.1. The third-order valence-electron chi connectivity index (χ3n) is 4.02. The van der Waals surface area contributed by atoms with E-state index in [4.69, 9.17) is 17.0 Å². The van der Waals surface area contributed by atoms with Gasteiger partial charge in [-0.15, -0.1) is 0 Å². The fraction of sp³-hybridized carbons (Fsp3) is 0.412. The van der Waals surface area contributed by atoms with Gasteiger partial charge in [0.2, 0.25) is 5.88 Å². The van der Waals surface area contributed by atoms with Crippen molar-refractivity contribution in [2.75, 3.05) is 6.61 Å². The Kier molecular flexibility index (Phi) is 5.13. The molecule has 0 spiro atoms. The molecule has 6 heteroatoms. The second kappa shape index (κ2) is 7.27. The Bertz CT molecular complexity index is 758. The van der Waals surface area contributed by atoms with Crippen molar-refractivity contribution < 1.29 is 9.84 Å². The van der Waals surface area contributed by atoms with Gasteiger partial charge in [-0.2, -0.15) is 0 Å². The molecule has 1 heterocycles. The average Bonchev–Trinajstić information content (AvgIpc) is 3.15. The highest BCUT2D eigenvalue weighted by molar-refractivity contribution is 7.73. The Labute approximate surface area is 145 Å². The lowest BCUT2D eigenvalue weighted by molar-refractivity contribution is 0.341. The third-order valence-corrected chi connectivity index (χ3v) is 5.34. The number of hydrogen-bond donors (Lipinski definition) is 1. The van der Waals surface area contributed by atoms with E-state index >= 15 is 0 Å². The molecule has 0 bridgehead atoms. The number of nitrogens with zero attached hydrogens (tertiary/aromatic N) is 2. The molecule has 2 aromatic rings. The molecule has 3 rings (SSSR count). The molecule has 0 radical (unpaired) electrons. The van der Waals surface area contributed by atoms with Crippen molar-refractivity contribution in [2.24, 2.45) is 4.99 Å². The SMILES string of the molecule is CCOc1ccccc1N=Cc1sc(=S)n(C2CCCC2)c1O. The van der Waals surface area contributed by atoms with E-state index in [0.717, 1.165) is 24.3 Å². The summed E-state index contributed by atoms with van der Waals surface area (Å²) in [6.45, 7) is 2.54. The van der Waals surface area contributed by atoms with Crippen LogP contribution in [0, 0.1) is 3.95 Å². The van der Waals surface area contributed by atoms with Gasteiger partial charge in [-0.05, 0) is 44.1 Å². The summed E-state index contributed by atoms with van der Waals surface area (Å²) in [5, 5.41) is 10.5. The van der Waals surface area contributed by atoms with Crippen LogP contribution in [0.2, 0.25) is 0 Å². The lowest BCUT2D eigenvalue weighted by Crippen LogP contribution is -2.03. The monoisotopic (exact) mass is 348 g/mol. The minimum absolute atomic E-state index is 0.240. The van der Waals surface area contributed by atoms with Gasteiger partial charge in [0.05, 0.1) is 12.8 Å². The first kappa shape index (κ1) is 16.2. The van der Waals surface area contributed by atoms with Gasteiger partial charge in [0.15, 0.2) is 3.95 Å². The lowest BCUT2D eigenvalue weighted by Gasteiger charge is -2.12. The van der Waals surface area contributed by atoms with Gasteiger partial charge in [0.1, 0.15) is 16.3 Å². The molecular weight excluding hydrogens is 328 g/mol. The molecule has 0 unspecified atom stereocenters. The van der Waals surface area contributed by atoms with Crippen LogP contribution in [0.5, 0.6) is 11.6 Å². The van der Waals surface area contributed by atoms with E-state index in [1.807, 2.05) is 35.8 Å². The van der Waals surface area contributed by atoms with Crippen molar-refractivity contribution in [2.45, 2.75) is 38.6 Å². The second-order valence-corrected chi connectivity index (χ2v) is 7.20. The Morgan fingerprint density at radius 2 is 2.13 bits per heavy atom. The quantitative estimate of drug-likeness (QED) is 0.593. The van der Waals surface area contributed by atoms with Crippen molar-refractivity contribution in [3.05, 3.63) is 33.1 Å². The normalized spacial score (nSPS) is 15.5. The van der Waals surface area contributed by atoms with E-state index < -0.39 is 0 Å². The van der Waals surface area contributed by atoms with Crippen LogP contribution in [0.3, 0.4) is 0 Å². The number of aromatic hydroxyl groups is 1. The molecule has 1 aromatic carbocycles. The molecule has 0 atom stereocenters. The van der Waals surface area contributed by atoms with Crippen LogP contribution in [-0.4, -0.2) is 22.5 Å². The van der Waals surface area contributed by atoms with E-state index in [-0.39, 0.29) is 5.88 Å². The molecular formula is C17H20N2O2S2. The zero-order valence-electron chi connectivity index (χ0n) is 13.1. The first-order chi connectivity index (χ1) is 11.2. The Hall–Kier alpha value is -1.66. The van der Waals surface area contributed by atoms with Crippen LogP contribution >= 0.6 is 23.6 Å². The molecule has 1 aliphatic carbocycles.